The van der Waals surface area contributed by atoms with Gasteiger partial charge in [0.05, 0.1) is 0 Å². The van der Waals surface area contributed by atoms with E-state index in [-0.39, 0.29) is 12.1 Å². The zero-order chi connectivity index (χ0) is 30.6. The second-order valence-electron chi connectivity index (χ2n) is 13.7. The van der Waals surface area contributed by atoms with Gasteiger partial charge in [-0.15, -0.1) is 0 Å². The molecular formula is C40H80O2. The lowest BCUT2D eigenvalue weighted by molar-refractivity contribution is -0.150. The van der Waals surface area contributed by atoms with E-state index in [9.17, 15) is 4.79 Å². The molecule has 2 nitrogen and oxygen atoms in total. The van der Waals surface area contributed by atoms with Gasteiger partial charge in [-0.05, 0) is 32.1 Å². The highest BCUT2D eigenvalue weighted by atomic mass is 16.5. The van der Waals surface area contributed by atoms with Crippen LogP contribution in [0.15, 0.2) is 0 Å². The Kier molecular flexibility index (Phi) is 36.2. The van der Waals surface area contributed by atoms with Crippen molar-refractivity contribution in [2.24, 2.45) is 0 Å². The molecule has 1 atom stereocenters. The maximum atomic E-state index is 12.6. The summed E-state index contributed by atoms with van der Waals surface area (Å²) in [6, 6.07) is 0. The van der Waals surface area contributed by atoms with Crippen molar-refractivity contribution in [3.05, 3.63) is 0 Å². The third-order valence-electron chi connectivity index (χ3n) is 9.29. The highest BCUT2D eigenvalue weighted by Gasteiger charge is 2.14. The highest BCUT2D eigenvalue weighted by molar-refractivity contribution is 5.69. The van der Waals surface area contributed by atoms with Crippen LogP contribution in [0.2, 0.25) is 0 Å². The average molecular weight is 593 g/mol. The summed E-state index contributed by atoms with van der Waals surface area (Å²) in [6.07, 6.45) is 46.4. The summed E-state index contributed by atoms with van der Waals surface area (Å²) in [5.74, 6) is 0.0715. The molecule has 0 radical (unpaired) electrons. The fourth-order valence-corrected chi connectivity index (χ4v) is 6.34. The molecule has 0 aliphatic heterocycles. The highest BCUT2D eigenvalue weighted by Crippen LogP contribution is 2.19. The third kappa shape index (κ3) is 34.0. The fourth-order valence-electron chi connectivity index (χ4n) is 6.34. The van der Waals surface area contributed by atoms with Gasteiger partial charge in [-0.2, -0.15) is 0 Å². The molecule has 0 aromatic carbocycles. The van der Waals surface area contributed by atoms with Crippen LogP contribution in [0.4, 0.5) is 0 Å². The van der Waals surface area contributed by atoms with Crippen LogP contribution < -0.4 is 0 Å². The largest absolute Gasteiger partial charge is 0.462 e. The van der Waals surface area contributed by atoms with Crippen LogP contribution in [0.25, 0.3) is 0 Å². The molecule has 2 heteroatoms. The van der Waals surface area contributed by atoms with Gasteiger partial charge in [-0.25, -0.2) is 0 Å². The van der Waals surface area contributed by atoms with Crippen molar-refractivity contribution < 1.29 is 9.53 Å². The molecule has 0 saturated carbocycles. The van der Waals surface area contributed by atoms with Gasteiger partial charge in [0.2, 0.25) is 0 Å². The van der Waals surface area contributed by atoms with Crippen LogP contribution in [0.1, 0.15) is 245 Å². The van der Waals surface area contributed by atoms with Crippen LogP contribution >= 0.6 is 0 Å². The molecule has 0 aromatic heterocycles. The Morgan fingerprint density at radius 3 is 0.881 bits per heavy atom. The number of ether oxygens (including phenoxy) is 1. The maximum absolute atomic E-state index is 12.6. The summed E-state index contributed by atoms with van der Waals surface area (Å²) >= 11 is 0. The van der Waals surface area contributed by atoms with Crippen LogP contribution in [-0.2, 0) is 9.53 Å². The Morgan fingerprint density at radius 1 is 0.357 bits per heavy atom. The number of carbonyl (C=O) groups is 1. The van der Waals surface area contributed by atoms with Crippen LogP contribution in [0, 0.1) is 0 Å². The van der Waals surface area contributed by atoms with Crippen molar-refractivity contribution in [3.8, 4) is 0 Å². The first-order chi connectivity index (χ1) is 20.7. The first kappa shape index (κ1) is 41.5. The first-order valence-corrected chi connectivity index (χ1v) is 19.9. The number of carbonyl (C=O) groups excluding carboxylic acids is 1. The summed E-state index contributed by atoms with van der Waals surface area (Å²) in [6.45, 7) is 6.86. The summed E-state index contributed by atoms with van der Waals surface area (Å²) in [5, 5.41) is 0. The number of esters is 1. The van der Waals surface area contributed by atoms with Gasteiger partial charge >= 0.3 is 5.97 Å². The molecule has 0 N–H and O–H groups in total. The van der Waals surface area contributed by atoms with Gasteiger partial charge in [0, 0.05) is 6.42 Å². The van der Waals surface area contributed by atoms with Crippen molar-refractivity contribution in [3.63, 3.8) is 0 Å². The normalized spacial score (nSPS) is 12.2. The molecule has 1 unspecified atom stereocenters. The van der Waals surface area contributed by atoms with Gasteiger partial charge in [0.25, 0.3) is 0 Å². The summed E-state index contributed by atoms with van der Waals surface area (Å²) < 4.78 is 6.04. The molecule has 252 valence electrons. The second kappa shape index (κ2) is 36.7. The molecule has 0 fully saturated rings. The lowest BCUT2D eigenvalue weighted by atomic mass is 10.0. The SMILES string of the molecule is CCCCCCCCCCCCCCCCCC(=O)OC(CCCCCCC)CCCCCCCCCCCCCC. The molecular weight excluding hydrogens is 512 g/mol. The lowest BCUT2D eigenvalue weighted by Crippen LogP contribution is -2.18. The molecule has 0 heterocycles. The molecule has 42 heavy (non-hydrogen) atoms. The standard InChI is InChI=1S/C40H80O2/c1-4-7-10-13-15-17-19-21-22-23-25-27-29-32-35-38-40(41)42-39(36-33-30-12-9-6-3)37-34-31-28-26-24-20-18-16-14-11-8-5-2/h39H,4-38H2,1-3H3. The lowest BCUT2D eigenvalue weighted by Gasteiger charge is -2.18. The van der Waals surface area contributed by atoms with Crippen LogP contribution in [0.3, 0.4) is 0 Å². The van der Waals surface area contributed by atoms with Crippen LogP contribution in [0.5, 0.6) is 0 Å². The van der Waals surface area contributed by atoms with E-state index in [0.717, 1.165) is 19.3 Å². The maximum Gasteiger partial charge on any atom is 0.306 e. The van der Waals surface area contributed by atoms with Gasteiger partial charge < -0.3 is 4.74 Å². The summed E-state index contributed by atoms with van der Waals surface area (Å²) in [7, 11) is 0. The smallest absolute Gasteiger partial charge is 0.306 e. The Hall–Kier alpha value is -0.530. The number of unbranched alkanes of at least 4 members (excludes halogenated alkanes) is 29. The molecule has 0 aromatic rings. The predicted molar refractivity (Wildman–Crippen MR) is 188 cm³/mol. The van der Waals surface area contributed by atoms with E-state index < -0.39 is 0 Å². The van der Waals surface area contributed by atoms with E-state index in [1.165, 1.54) is 199 Å². The Labute approximate surface area is 266 Å². The molecule has 0 saturated heterocycles. The number of hydrogen-bond acceptors (Lipinski definition) is 2. The quantitative estimate of drug-likeness (QED) is 0.0534. The minimum absolute atomic E-state index is 0.0715. The minimum atomic E-state index is 0.0715. The zero-order valence-electron chi connectivity index (χ0n) is 29.6. The average Bonchev–Trinajstić information content (AvgIpc) is 2.99. The molecule has 0 aliphatic rings. The van der Waals surface area contributed by atoms with Gasteiger partial charge in [-0.1, -0.05) is 207 Å². The predicted octanol–water partition coefficient (Wildman–Crippen LogP) is 14.6. The van der Waals surface area contributed by atoms with Gasteiger partial charge in [0.1, 0.15) is 6.10 Å². The van der Waals surface area contributed by atoms with Crippen molar-refractivity contribution in [2.75, 3.05) is 0 Å². The van der Waals surface area contributed by atoms with E-state index in [1.807, 2.05) is 0 Å². The minimum Gasteiger partial charge on any atom is -0.462 e. The van der Waals surface area contributed by atoms with Gasteiger partial charge in [0.15, 0.2) is 0 Å². The first-order valence-electron chi connectivity index (χ1n) is 19.9. The van der Waals surface area contributed by atoms with Crippen molar-refractivity contribution in [1.82, 2.24) is 0 Å². The zero-order valence-corrected chi connectivity index (χ0v) is 29.6. The van der Waals surface area contributed by atoms with E-state index in [4.69, 9.17) is 4.74 Å². The van der Waals surface area contributed by atoms with E-state index >= 15 is 0 Å². The van der Waals surface area contributed by atoms with E-state index in [0.29, 0.717) is 6.42 Å². The van der Waals surface area contributed by atoms with E-state index in [1.54, 1.807) is 0 Å². The number of rotatable bonds is 36. The second-order valence-corrected chi connectivity index (χ2v) is 13.7. The third-order valence-corrected chi connectivity index (χ3v) is 9.29. The Bertz CT molecular complexity index is 502. The van der Waals surface area contributed by atoms with Crippen LogP contribution in [-0.4, -0.2) is 12.1 Å². The molecule has 0 amide bonds. The number of hydrogen-bond donors (Lipinski definition) is 0. The topological polar surface area (TPSA) is 26.3 Å². The monoisotopic (exact) mass is 593 g/mol. The summed E-state index contributed by atoms with van der Waals surface area (Å²) in [4.78, 5) is 12.6. The Morgan fingerprint density at radius 2 is 0.595 bits per heavy atom. The van der Waals surface area contributed by atoms with Gasteiger partial charge in [-0.3, -0.25) is 4.79 Å². The van der Waals surface area contributed by atoms with Crippen molar-refractivity contribution >= 4 is 5.97 Å². The fraction of sp³-hybridized carbons (Fsp3) is 0.975. The molecule has 0 spiro atoms. The van der Waals surface area contributed by atoms with Crippen molar-refractivity contribution in [1.29, 1.82) is 0 Å². The molecule has 0 bridgehead atoms. The summed E-state index contributed by atoms with van der Waals surface area (Å²) in [5.41, 5.74) is 0. The Balaban J connectivity index is 3.81. The molecule has 0 rings (SSSR count). The van der Waals surface area contributed by atoms with Crippen molar-refractivity contribution in [2.45, 2.75) is 252 Å². The van der Waals surface area contributed by atoms with E-state index in [2.05, 4.69) is 20.8 Å². The molecule has 0 aliphatic carbocycles.